The van der Waals surface area contributed by atoms with E-state index in [1.165, 1.54) is 0 Å². The number of rotatable bonds is 5. The minimum absolute atomic E-state index is 0.160. The van der Waals surface area contributed by atoms with Crippen LogP contribution in [0.3, 0.4) is 0 Å². The summed E-state index contributed by atoms with van der Waals surface area (Å²) in [5.41, 5.74) is 6.22. The number of ether oxygens (including phenoxy) is 1. The van der Waals surface area contributed by atoms with Gasteiger partial charge in [-0.3, -0.25) is 4.79 Å². The van der Waals surface area contributed by atoms with Gasteiger partial charge in [-0.1, -0.05) is 29.8 Å². The number of benzene rings is 1. The van der Waals surface area contributed by atoms with Gasteiger partial charge >= 0.3 is 0 Å². The summed E-state index contributed by atoms with van der Waals surface area (Å²) in [6, 6.07) is 11.5. The van der Waals surface area contributed by atoms with E-state index in [0.717, 1.165) is 22.4 Å². The lowest BCUT2D eigenvalue weighted by Crippen LogP contribution is -2.25. The standard InChI is InChI=1S/C18H18N4O2/c1-12-4-6-15(7-5-12)10-20-22-17(23)11-24-18-16(9-19)13(2)8-14(3)21-18/h4-8,10H,11H2,1-3H3,(H,22,23)/b20-10+. The Morgan fingerprint density at radius 2 is 2.04 bits per heavy atom. The number of aromatic nitrogens is 1. The Balaban J connectivity index is 1.92. The summed E-state index contributed by atoms with van der Waals surface area (Å²) in [6.07, 6.45) is 1.55. The van der Waals surface area contributed by atoms with Crippen molar-refractivity contribution in [2.45, 2.75) is 20.8 Å². The quantitative estimate of drug-likeness (QED) is 0.676. The Hall–Kier alpha value is -3.20. The van der Waals surface area contributed by atoms with Crippen LogP contribution in [-0.2, 0) is 4.79 Å². The number of carbonyl (C=O) groups excluding carboxylic acids is 1. The summed E-state index contributed by atoms with van der Waals surface area (Å²) >= 11 is 0. The van der Waals surface area contributed by atoms with Crippen LogP contribution in [0.2, 0.25) is 0 Å². The molecule has 0 atom stereocenters. The molecule has 24 heavy (non-hydrogen) atoms. The molecular weight excluding hydrogens is 304 g/mol. The van der Waals surface area contributed by atoms with Crippen molar-refractivity contribution in [2.24, 2.45) is 5.10 Å². The molecule has 1 N–H and O–H groups in total. The van der Waals surface area contributed by atoms with Gasteiger partial charge in [0.25, 0.3) is 5.91 Å². The molecule has 6 nitrogen and oxygen atoms in total. The van der Waals surface area contributed by atoms with Gasteiger partial charge in [-0.25, -0.2) is 10.4 Å². The number of hydrazone groups is 1. The summed E-state index contributed by atoms with van der Waals surface area (Å²) in [5, 5.41) is 13.0. The highest BCUT2D eigenvalue weighted by molar-refractivity contribution is 5.82. The maximum Gasteiger partial charge on any atom is 0.278 e. The molecule has 122 valence electrons. The number of nitrogens with zero attached hydrogens (tertiary/aromatic N) is 3. The predicted octanol–water partition coefficient (Wildman–Crippen LogP) is 2.41. The molecule has 0 aliphatic heterocycles. The van der Waals surface area contributed by atoms with Gasteiger partial charge in [0.15, 0.2) is 6.61 Å². The first-order valence-electron chi connectivity index (χ1n) is 7.39. The van der Waals surface area contributed by atoms with E-state index in [4.69, 9.17) is 10.00 Å². The number of carbonyl (C=O) groups is 1. The summed E-state index contributed by atoms with van der Waals surface area (Å²) in [6.45, 7) is 5.32. The van der Waals surface area contributed by atoms with E-state index in [9.17, 15) is 4.79 Å². The zero-order valence-electron chi connectivity index (χ0n) is 13.8. The second-order valence-electron chi connectivity index (χ2n) is 5.37. The molecule has 0 spiro atoms. The van der Waals surface area contributed by atoms with Gasteiger partial charge in [-0.2, -0.15) is 10.4 Å². The average molecular weight is 322 g/mol. The van der Waals surface area contributed by atoms with Crippen molar-refractivity contribution in [2.75, 3.05) is 6.61 Å². The Morgan fingerprint density at radius 1 is 1.33 bits per heavy atom. The number of aryl methyl sites for hydroxylation is 3. The highest BCUT2D eigenvalue weighted by Gasteiger charge is 2.11. The summed E-state index contributed by atoms with van der Waals surface area (Å²) in [5.74, 6) is -0.268. The van der Waals surface area contributed by atoms with E-state index in [-0.39, 0.29) is 12.5 Å². The Bertz CT molecular complexity index is 805. The number of nitriles is 1. The van der Waals surface area contributed by atoms with Crippen LogP contribution < -0.4 is 10.2 Å². The SMILES string of the molecule is Cc1ccc(/C=N/NC(=O)COc2nc(C)cc(C)c2C#N)cc1. The van der Waals surface area contributed by atoms with E-state index in [2.05, 4.69) is 15.5 Å². The molecule has 0 fully saturated rings. The van der Waals surface area contributed by atoms with Crippen molar-refractivity contribution in [3.8, 4) is 11.9 Å². The van der Waals surface area contributed by atoms with Gasteiger partial charge < -0.3 is 4.74 Å². The highest BCUT2D eigenvalue weighted by atomic mass is 16.5. The molecule has 0 aliphatic carbocycles. The van der Waals surface area contributed by atoms with Gasteiger partial charge in [-0.05, 0) is 38.0 Å². The fraction of sp³-hybridized carbons (Fsp3) is 0.222. The maximum atomic E-state index is 11.8. The van der Waals surface area contributed by atoms with E-state index in [0.29, 0.717) is 5.56 Å². The zero-order chi connectivity index (χ0) is 17.5. The fourth-order valence-electron chi connectivity index (χ4n) is 2.04. The van der Waals surface area contributed by atoms with E-state index in [1.807, 2.05) is 37.3 Å². The number of amides is 1. The third-order valence-electron chi connectivity index (χ3n) is 3.24. The first kappa shape index (κ1) is 17.2. The normalized spacial score (nSPS) is 10.4. The first-order chi connectivity index (χ1) is 11.5. The summed E-state index contributed by atoms with van der Waals surface area (Å²) in [4.78, 5) is 15.9. The van der Waals surface area contributed by atoms with Crippen molar-refractivity contribution in [3.63, 3.8) is 0 Å². The van der Waals surface area contributed by atoms with E-state index >= 15 is 0 Å². The lowest BCUT2D eigenvalue weighted by atomic mass is 10.1. The zero-order valence-corrected chi connectivity index (χ0v) is 13.8. The Kier molecular flexibility index (Phi) is 5.63. The molecule has 1 amide bonds. The van der Waals surface area contributed by atoms with Crippen molar-refractivity contribution >= 4 is 12.1 Å². The van der Waals surface area contributed by atoms with E-state index in [1.54, 1.807) is 26.1 Å². The smallest absolute Gasteiger partial charge is 0.278 e. The monoisotopic (exact) mass is 322 g/mol. The van der Waals surface area contributed by atoms with Crippen LogP contribution in [0.4, 0.5) is 0 Å². The van der Waals surface area contributed by atoms with Gasteiger partial charge in [0.05, 0.1) is 6.21 Å². The van der Waals surface area contributed by atoms with Gasteiger partial charge in [0.2, 0.25) is 5.88 Å². The fourth-order valence-corrected chi connectivity index (χ4v) is 2.04. The third kappa shape index (κ3) is 4.65. The van der Waals surface area contributed by atoms with Gasteiger partial charge in [0, 0.05) is 5.69 Å². The van der Waals surface area contributed by atoms with E-state index < -0.39 is 5.91 Å². The minimum atomic E-state index is -0.428. The Morgan fingerprint density at radius 3 is 2.71 bits per heavy atom. The third-order valence-corrected chi connectivity index (χ3v) is 3.24. The maximum absolute atomic E-state index is 11.8. The predicted molar refractivity (Wildman–Crippen MR) is 90.8 cm³/mol. The molecule has 1 aromatic carbocycles. The molecule has 6 heteroatoms. The molecular formula is C18H18N4O2. The summed E-state index contributed by atoms with van der Waals surface area (Å²) < 4.78 is 5.35. The first-order valence-corrected chi connectivity index (χ1v) is 7.39. The van der Waals surface area contributed by atoms with Crippen LogP contribution in [-0.4, -0.2) is 23.7 Å². The van der Waals surface area contributed by atoms with Crippen LogP contribution in [0.15, 0.2) is 35.4 Å². The number of hydrogen-bond acceptors (Lipinski definition) is 5. The van der Waals surface area contributed by atoms with Crippen LogP contribution in [0, 0.1) is 32.1 Å². The number of hydrogen-bond donors (Lipinski definition) is 1. The number of pyridine rings is 1. The topological polar surface area (TPSA) is 87.4 Å². The van der Waals surface area contributed by atoms with Crippen molar-refractivity contribution in [1.29, 1.82) is 5.26 Å². The molecule has 0 unspecified atom stereocenters. The lowest BCUT2D eigenvalue weighted by molar-refractivity contribution is -0.123. The van der Waals surface area contributed by atoms with Crippen LogP contribution >= 0.6 is 0 Å². The molecule has 0 radical (unpaired) electrons. The minimum Gasteiger partial charge on any atom is -0.467 e. The molecule has 2 aromatic rings. The molecule has 0 saturated carbocycles. The highest BCUT2D eigenvalue weighted by Crippen LogP contribution is 2.19. The Labute approximate surface area is 140 Å². The second kappa shape index (κ2) is 7.88. The van der Waals surface area contributed by atoms with Crippen LogP contribution in [0.1, 0.15) is 27.9 Å². The molecule has 0 bridgehead atoms. The second-order valence-corrected chi connectivity index (χ2v) is 5.37. The van der Waals surface area contributed by atoms with Crippen molar-refractivity contribution < 1.29 is 9.53 Å². The molecule has 1 heterocycles. The van der Waals surface area contributed by atoms with Crippen molar-refractivity contribution in [1.82, 2.24) is 10.4 Å². The molecule has 1 aromatic heterocycles. The lowest BCUT2D eigenvalue weighted by Gasteiger charge is -2.08. The largest absolute Gasteiger partial charge is 0.467 e. The van der Waals surface area contributed by atoms with Crippen molar-refractivity contribution in [3.05, 3.63) is 58.3 Å². The summed E-state index contributed by atoms with van der Waals surface area (Å²) in [7, 11) is 0. The van der Waals surface area contributed by atoms with Gasteiger partial charge in [0.1, 0.15) is 11.6 Å². The average Bonchev–Trinajstić information content (AvgIpc) is 2.54. The van der Waals surface area contributed by atoms with Gasteiger partial charge in [-0.15, -0.1) is 0 Å². The van der Waals surface area contributed by atoms with Crippen LogP contribution in [0.25, 0.3) is 0 Å². The molecule has 0 aliphatic rings. The number of nitrogens with one attached hydrogen (secondary N) is 1. The molecule has 2 rings (SSSR count). The van der Waals surface area contributed by atoms with Crippen LogP contribution in [0.5, 0.6) is 5.88 Å². The molecule has 0 saturated heterocycles.